The Morgan fingerprint density at radius 3 is 2.89 bits per heavy atom. The van der Waals surface area contributed by atoms with Crippen LogP contribution >= 0.6 is 11.6 Å². The van der Waals surface area contributed by atoms with E-state index in [1.807, 2.05) is 49.3 Å². The van der Waals surface area contributed by atoms with Gasteiger partial charge in [0.25, 0.3) is 0 Å². The zero-order valence-corrected chi connectivity index (χ0v) is 16.6. The Hall–Kier alpha value is -2.31. The summed E-state index contributed by atoms with van der Waals surface area (Å²) >= 11 is 6.18. The summed E-state index contributed by atoms with van der Waals surface area (Å²) < 4.78 is 2.10. The first kappa shape index (κ1) is 19.5. The van der Waals surface area contributed by atoms with Gasteiger partial charge in [-0.15, -0.1) is 0 Å². The average molecular weight is 388 g/mol. The van der Waals surface area contributed by atoms with E-state index in [1.165, 1.54) is 5.69 Å². The van der Waals surface area contributed by atoms with E-state index in [4.69, 9.17) is 11.6 Å². The van der Waals surface area contributed by atoms with Gasteiger partial charge in [-0.1, -0.05) is 11.6 Å². The maximum Gasteiger partial charge on any atom is 0.233 e. The summed E-state index contributed by atoms with van der Waals surface area (Å²) in [5.74, 6) is 0.0731. The summed E-state index contributed by atoms with van der Waals surface area (Å²) in [6, 6.07) is 9.77. The van der Waals surface area contributed by atoms with Crippen LogP contribution in [0.15, 0.2) is 41.6 Å². The fourth-order valence-electron chi connectivity index (χ4n) is 3.22. The number of carbonyl (C=O) groups excluding carboxylic acids is 1. The highest BCUT2D eigenvalue weighted by Crippen LogP contribution is 2.30. The Kier molecular flexibility index (Phi) is 6.53. The molecule has 2 aromatic rings. The van der Waals surface area contributed by atoms with Crippen molar-refractivity contribution in [3.63, 3.8) is 0 Å². The van der Waals surface area contributed by atoms with Crippen LogP contribution in [-0.4, -0.2) is 35.8 Å². The normalized spacial score (nSPS) is 15.3. The first-order valence-electron chi connectivity index (χ1n) is 9.30. The minimum Gasteiger partial charge on any atom is -0.353 e. The smallest absolute Gasteiger partial charge is 0.233 e. The van der Waals surface area contributed by atoms with Gasteiger partial charge in [0.15, 0.2) is 0 Å². The Bertz CT molecular complexity index is 830. The Morgan fingerprint density at radius 1 is 1.30 bits per heavy atom. The van der Waals surface area contributed by atoms with Crippen LogP contribution in [0.3, 0.4) is 0 Å². The van der Waals surface area contributed by atoms with E-state index in [9.17, 15) is 4.79 Å². The number of hydrogen-bond acceptors (Lipinski definition) is 4. The Balaban J connectivity index is 1.63. The number of rotatable bonds is 8. The number of hydrogen-bond donors (Lipinski definition) is 2. The molecule has 2 N–H and O–H groups in total. The van der Waals surface area contributed by atoms with Crippen LogP contribution in [-0.2, 0) is 18.4 Å². The summed E-state index contributed by atoms with van der Waals surface area (Å²) in [4.78, 5) is 14.5. The van der Waals surface area contributed by atoms with Crippen molar-refractivity contribution in [2.75, 3.05) is 24.5 Å². The molecule has 0 saturated heterocycles. The Labute approximate surface area is 165 Å². The minimum absolute atomic E-state index is 0.0731. The van der Waals surface area contributed by atoms with E-state index in [1.54, 1.807) is 0 Å². The van der Waals surface area contributed by atoms with Crippen molar-refractivity contribution in [2.24, 2.45) is 12.1 Å². The van der Waals surface area contributed by atoms with Crippen molar-refractivity contribution >= 4 is 28.9 Å². The molecule has 0 spiro atoms. The van der Waals surface area contributed by atoms with Gasteiger partial charge in [0.1, 0.15) is 0 Å². The first-order chi connectivity index (χ1) is 13.1. The molecule has 1 aliphatic heterocycles. The van der Waals surface area contributed by atoms with Crippen LogP contribution < -0.4 is 15.6 Å². The molecule has 0 fully saturated rings. The third kappa shape index (κ3) is 4.70. The average Bonchev–Trinajstić information content (AvgIpc) is 3.06. The van der Waals surface area contributed by atoms with Crippen molar-refractivity contribution in [1.29, 1.82) is 0 Å². The van der Waals surface area contributed by atoms with Crippen LogP contribution in [0.4, 0.5) is 5.69 Å². The second kappa shape index (κ2) is 9.06. The van der Waals surface area contributed by atoms with Crippen molar-refractivity contribution in [1.82, 2.24) is 15.3 Å². The van der Waals surface area contributed by atoms with Crippen LogP contribution in [0.2, 0.25) is 5.02 Å². The third-order valence-corrected chi connectivity index (χ3v) is 4.88. The predicted molar refractivity (Wildman–Crippen MR) is 110 cm³/mol. The molecular weight excluding hydrogens is 362 g/mol. The highest BCUT2D eigenvalue weighted by Gasteiger charge is 2.28. The number of anilines is 1. The molecule has 1 aromatic carbocycles. The fourth-order valence-corrected chi connectivity index (χ4v) is 3.39. The van der Waals surface area contributed by atoms with Gasteiger partial charge in [-0.2, -0.15) is 5.10 Å². The van der Waals surface area contributed by atoms with Crippen LogP contribution in [0.5, 0.6) is 0 Å². The van der Waals surface area contributed by atoms with Crippen molar-refractivity contribution in [3.8, 4) is 0 Å². The van der Waals surface area contributed by atoms with E-state index in [0.29, 0.717) is 18.1 Å². The standard InChI is InChI=1S/C20H26ClN5O/c1-3-23-24-18-13-20(27)26(19-8-7-15(21)12-17(18)19)11-5-9-22-14-16-6-4-10-25(16)2/h4,6-8,10,12,22-23H,3,5,9,11,13-14H2,1-2H3/b24-18+. The topological polar surface area (TPSA) is 61.7 Å². The zero-order chi connectivity index (χ0) is 19.2. The lowest BCUT2D eigenvalue weighted by Gasteiger charge is -2.30. The number of nitrogens with one attached hydrogen (secondary N) is 2. The van der Waals surface area contributed by atoms with Gasteiger partial charge in [-0.25, -0.2) is 0 Å². The monoisotopic (exact) mass is 387 g/mol. The van der Waals surface area contributed by atoms with Crippen LogP contribution in [0.25, 0.3) is 0 Å². The second-order valence-electron chi connectivity index (χ2n) is 6.59. The molecule has 1 aliphatic rings. The first-order valence-corrected chi connectivity index (χ1v) is 9.68. The highest BCUT2D eigenvalue weighted by atomic mass is 35.5. The van der Waals surface area contributed by atoms with Gasteiger partial charge in [0, 0.05) is 49.2 Å². The summed E-state index contributed by atoms with van der Waals surface area (Å²) in [6.45, 7) is 5.02. The predicted octanol–water partition coefficient (Wildman–Crippen LogP) is 2.91. The number of hydrazone groups is 1. The largest absolute Gasteiger partial charge is 0.353 e. The lowest BCUT2D eigenvalue weighted by atomic mass is 9.98. The van der Waals surface area contributed by atoms with E-state index in [2.05, 4.69) is 26.5 Å². The number of aryl methyl sites for hydroxylation is 1. The third-order valence-electron chi connectivity index (χ3n) is 4.64. The number of aromatic nitrogens is 1. The number of benzene rings is 1. The number of carbonyl (C=O) groups is 1. The maximum atomic E-state index is 12.7. The molecular formula is C20H26ClN5O. The molecule has 2 heterocycles. The molecule has 0 saturated carbocycles. The fraction of sp³-hybridized carbons (Fsp3) is 0.400. The van der Waals surface area contributed by atoms with Gasteiger partial charge < -0.3 is 20.2 Å². The maximum absolute atomic E-state index is 12.7. The summed E-state index contributed by atoms with van der Waals surface area (Å²) in [7, 11) is 2.04. The summed E-state index contributed by atoms with van der Waals surface area (Å²) in [6.07, 6.45) is 3.20. The van der Waals surface area contributed by atoms with Crippen LogP contribution in [0.1, 0.15) is 31.0 Å². The van der Waals surface area contributed by atoms with E-state index < -0.39 is 0 Å². The molecule has 7 heteroatoms. The molecule has 0 aliphatic carbocycles. The number of fused-ring (bicyclic) bond motifs is 1. The lowest BCUT2D eigenvalue weighted by Crippen LogP contribution is -2.39. The molecule has 0 radical (unpaired) electrons. The van der Waals surface area contributed by atoms with E-state index >= 15 is 0 Å². The molecule has 0 bridgehead atoms. The summed E-state index contributed by atoms with van der Waals surface area (Å²) in [5, 5.41) is 8.45. The van der Waals surface area contributed by atoms with Gasteiger partial charge in [0.2, 0.25) is 5.91 Å². The molecule has 6 nitrogen and oxygen atoms in total. The molecule has 27 heavy (non-hydrogen) atoms. The molecule has 1 aromatic heterocycles. The number of amides is 1. The van der Waals surface area contributed by atoms with E-state index in [0.717, 1.165) is 36.5 Å². The quantitative estimate of drug-likeness (QED) is 0.540. The highest BCUT2D eigenvalue weighted by molar-refractivity contribution is 6.32. The van der Waals surface area contributed by atoms with Crippen LogP contribution in [0, 0.1) is 0 Å². The molecule has 0 atom stereocenters. The minimum atomic E-state index is 0.0731. The SMILES string of the molecule is CCN/N=C1\CC(=O)N(CCCNCc2cccn2C)c2ccc(Cl)cc21. The summed E-state index contributed by atoms with van der Waals surface area (Å²) in [5.41, 5.74) is 6.76. The number of halogens is 1. The molecule has 1 amide bonds. The van der Waals surface area contributed by atoms with Gasteiger partial charge in [-0.05, 0) is 50.2 Å². The van der Waals surface area contributed by atoms with Gasteiger partial charge in [0.05, 0.1) is 17.8 Å². The molecule has 144 valence electrons. The molecule has 0 unspecified atom stereocenters. The van der Waals surface area contributed by atoms with Gasteiger partial charge >= 0.3 is 0 Å². The van der Waals surface area contributed by atoms with E-state index in [-0.39, 0.29) is 12.3 Å². The Morgan fingerprint density at radius 2 is 2.15 bits per heavy atom. The van der Waals surface area contributed by atoms with Crippen molar-refractivity contribution in [3.05, 3.63) is 52.8 Å². The van der Waals surface area contributed by atoms with Crippen molar-refractivity contribution < 1.29 is 4.79 Å². The van der Waals surface area contributed by atoms with Crippen molar-refractivity contribution in [2.45, 2.75) is 26.3 Å². The zero-order valence-electron chi connectivity index (χ0n) is 15.8. The number of nitrogens with zero attached hydrogens (tertiary/aromatic N) is 3. The van der Waals surface area contributed by atoms with Gasteiger partial charge in [-0.3, -0.25) is 4.79 Å². The lowest BCUT2D eigenvalue weighted by molar-refractivity contribution is -0.117. The molecule has 3 rings (SSSR count). The second-order valence-corrected chi connectivity index (χ2v) is 7.03.